The summed E-state index contributed by atoms with van der Waals surface area (Å²) >= 11 is 0. The van der Waals surface area contributed by atoms with Gasteiger partial charge in [-0.05, 0) is 29.4 Å². The normalized spacial score (nSPS) is 10.8. The lowest BCUT2D eigenvalue weighted by Gasteiger charge is -2.04. The molecule has 0 saturated heterocycles. The largest absolute Gasteiger partial charge is 0.453 e. The third-order valence-corrected chi connectivity index (χ3v) is 2.44. The van der Waals surface area contributed by atoms with E-state index in [1.165, 1.54) is 18.2 Å². The van der Waals surface area contributed by atoms with Gasteiger partial charge in [-0.15, -0.1) is 4.91 Å². The first-order chi connectivity index (χ1) is 8.26. The molecule has 0 fully saturated rings. The topological polar surface area (TPSA) is 72.5 Å². The lowest BCUT2D eigenvalue weighted by Crippen LogP contribution is -1.99. The van der Waals surface area contributed by atoms with E-state index in [1.807, 2.05) is 0 Å². The standard InChI is InChI=1S/C12H6N2O3/c15-8-2-4-10-12(6-8)17-11-5-7(14-16)1-3-9(11)13-10/h1-6H. The molecule has 2 aliphatic rings. The van der Waals surface area contributed by atoms with Crippen LogP contribution in [0.5, 0.6) is 0 Å². The van der Waals surface area contributed by atoms with Crippen LogP contribution in [0, 0.1) is 4.91 Å². The first-order valence-corrected chi connectivity index (χ1v) is 4.94. The molecule has 82 valence electrons. The second-order valence-corrected chi connectivity index (χ2v) is 3.59. The first-order valence-electron chi connectivity index (χ1n) is 4.94. The zero-order valence-electron chi connectivity index (χ0n) is 8.58. The van der Waals surface area contributed by atoms with Crippen LogP contribution in [0.25, 0.3) is 22.6 Å². The van der Waals surface area contributed by atoms with Crippen molar-refractivity contribution in [3.63, 3.8) is 0 Å². The molecule has 0 N–H and O–H groups in total. The van der Waals surface area contributed by atoms with E-state index < -0.39 is 0 Å². The zero-order valence-corrected chi connectivity index (χ0v) is 8.58. The number of hydrogen-bond donors (Lipinski definition) is 0. The van der Waals surface area contributed by atoms with E-state index in [-0.39, 0.29) is 11.1 Å². The lowest BCUT2D eigenvalue weighted by atomic mass is 10.2. The number of fused-ring (bicyclic) bond motifs is 2. The number of aromatic nitrogens is 1. The molecule has 5 nitrogen and oxygen atoms in total. The van der Waals surface area contributed by atoms with Gasteiger partial charge in [0.2, 0.25) is 0 Å². The maximum atomic E-state index is 11.2. The van der Waals surface area contributed by atoms with Gasteiger partial charge in [-0.25, -0.2) is 4.98 Å². The Labute approximate surface area is 95.0 Å². The highest BCUT2D eigenvalue weighted by molar-refractivity contribution is 5.79. The molecule has 0 bridgehead atoms. The van der Waals surface area contributed by atoms with Crippen molar-refractivity contribution in [1.82, 2.24) is 4.98 Å². The van der Waals surface area contributed by atoms with Crippen LogP contribution < -0.4 is 5.43 Å². The molecule has 5 heteroatoms. The second kappa shape index (κ2) is 3.48. The average molecular weight is 226 g/mol. The van der Waals surface area contributed by atoms with Gasteiger partial charge in [0, 0.05) is 12.1 Å². The van der Waals surface area contributed by atoms with Crippen LogP contribution in [0.4, 0.5) is 5.69 Å². The summed E-state index contributed by atoms with van der Waals surface area (Å²) in [4.78, 5) is 25.9. The Bertz CT molecular complexity index is 748. The Balaban J connectivity index is 2.41. The third kappa shape index (κ3) is 1.57. The lowest BCUT2D eigenvalue weighted by molar-refractivity contribution is 0.612. The molecule has 1 aromatic carbocycles. The third-order valence-electron chi connectivity index (χ3n) is 2.44. The fraction of sp³-hybridized carbons (Fsp3) is 0. The molecule has 0 aromatic heterocycles. The van der Waals surface area contributed by atoms with Crippen LogP contribution >= 0.6 is 0 Å². The van der Waals surface area contributed by atoms with Crippen molar-refractivity contribution in [3.8, 4) is 11.5 Å². The summed E-state index contributed by atoms with van der Waals surface area (Å²) in [5.74, 6) is 0.396. The number of benzene rings is 2. The molecular weight excluding hydrogens is 220 g/mol. The molecule has 1 aromatic rings. The smallest absolute Gasteiger partial charge is 0.182 e. The molecule has 0 unspecified atom stereocenters. The number of nitroso groups, excluding NO2 is 1. The van der Waals surface area contributed by atoms with E-state index in [0.29, 0.717) is 22.6 Å². The molecule has 1 aliphatic heterocycles. The predicted molar refractivity (Wildman–Crippen MR) is 62.4 cm³/mol. The Morgan fingerprint density at radius 3 is 2.82 bits per heavy atom. The first kappa shape index (κ1) is 9.65. The van der Waals surface area contributed by atoms with Gasteiger partial charge in [0.05, 0.1) is 0 Å². The fourth-order valence-corrected chi connectivity index (χ4v) is 1.65. The fourth-order valence-electron chi connectivity index (χ4n) is 1.65. The predicted octanol–water partition coefficient (Wildman–Crippen LogP) is 2.69. The van der Waals surface area contributed by atoms with Gasteiger partial charge in [-0.3, -0.25) is 4.79 Å². The van der Waals surface area contributed by atoms with Gasteiger partial charge in [-0.2, -0.15) is 0 Å². The minimum Gasteiger partial charge on any atom is -0.453 e. The van der Waals surface area contributed by atoms with E-state index in [1.54, 1.807) is 18.2 Å². The maximum Gasteiger partial charge on any atom is 0.182 e. The van der Waals surface area contributed by atoms with Gasteiger partial charge in [0.15, 0.2) is 16.8 Å². The Kier molecular flexibility index (Phi) is 1.98. The monoisotopic (exact) mass is 226 g/mol. The summed E-state index contributed by atoms with van der Waals surface area (Å²) in [6.45, 7) is 0. The molecular formula is C12H6N2O3. The molecule has 17 heavy (non-hydrogen) atoms. The molecule has 0 atom stereocenters. The van der Waals surface area contributed by atoms with Gasteiger partial charge >= 0.3 is 0 Å². The Morgan fingerprint density at radius 2 is 2.00 bits per heavy atom. The maximum absolute atomic E-state index is 11.2. The quantitative estimate of drug-likeness (QED) is 0.472. The zero-order chi connectivity index (χ0) is 11.8. The van der Waals surface area contributed by atoms with E-state index in [4.69, 9.17) is 4.42 Å². The van der Waals surface area contributed by atoms with E-state index in [2.05, 4.69) is 10.2 Å². The SMILES string of the molecule is O=Nc1ccc2nc3ccc(=O)cc-3oc2c1. The minimum atomic E-state index is -0.146. The Morgan fingerprint density at radius 1 is 1.12 bits per heavy atom. The Hall–Kier alpha value is -2.56. The van der Waals surface area contributed by atoms with Crippen molar-refractivity contribution in [3.05, 3.63) is 51.5 Å². The highest BCUT2D eigenvalue weighted by Crippen LogP contribution is 2.26. The molecule has 0 saturated carbocycles. The number of rotatable bonds is 1. The van der Waals surface area contributed by atoms with Crippen molar-refractivity contribution in [2.75, 3.05) is 0 Å². The second-order valence-electron chi connectivity index (χ2n) is 3.59. The highest BCUT2D eigenvalue weighted by atomic mass is 16.3. The molecule has 1 heterocycles. The number of nitrogens with zero attached hydrogens (tertiary/aromatic N) is 2. The minimum absolute atomic E-state index is 0.146. The van der Waals surface area contributed by atoms with E-state index in [9.17, 15) is 9.70 Å². The van der Waals surface area contributed by atoms with Crippen molar-refractivity contribution >= 4 is 16.8 Å². The van der Waals surface area contributed by atoms with Gasteiger partial charge in [-0.1, -0.05) is 0 Å². The van der Waals surface area contributed by atoms with Gasteiger partial charge in [0.25, 0.3) is 0 Å². The molecule has 3 rings (SSSR count). The number of hydrogen-bond acceptors (Lipinski definition) is 5. The average Bonchev–Trinajstić information content (AvgIpc) is 2.35. The van der Waals surface area contributed by atoms with Crippen LogP contribution in [-0.4, -0.2) is 4.98 Å². The summed E-state index contributed by atoms with van der Waals surface area (Å²) in [6, 6.07) is 9.10. The summed E-state index contributed by atoms with van der Waals surface area (Å²) in [5.41, 5.74) is 1.76. The molecule has 1 aliphatic carbocycles. The van der Waals surface area contributed by atoms with Crippen LogP contribution in [-0.2, 0) is 0 Å². The molecule has 0 spiro atoms. The van der Waals surface area contributed by atoms with Crippen LogP contribution in [0.15, 0.2) is 50.8 Å². The van der Waals surface area contributed by atoms with E-state index >= 15 is 0 Å². The molecule has 0 amide bonds. The summed E-state index contributed by atoms with van der Waals surface area (Å²) in [6.07, 6.45) is 0. The van der Waals surface area contributed by atoms with Crippen molar-refractivity contribution in [2.45, 2.75) is 0 Å². The molecule has 0 radical (unpaired) electrons. The summed E-state index contributed by atoms with van der Waals surface area (Å²) in [7, 11) is 0. The van der Waals surface area contributed by atoms with Crippen LogP contribution in [0.3, 0.4) is 0 Å². The van der Waals surface area contributed by atoms with Crippen LogP contribution in [0.1, 0.15) is 0 Å². The van der Waals surface area contributed by atoms with Gasteiger partial charge < -0.3 is 4.42 Å². The summed E-state index contributed by atoms with van der Waals surface area (Å²) < 4.78 is 5.51. The van der Waals surface area contributed by atoms with Crippen molar-refractivity contribution < 1.29 is 4.42 Å². The van der Waals surface area contributed by atoms with E-state index in [0.717, 1.165) is 0 Å². The summed E-state index contributed by atoms with van der Waals surface area (Å²) in [5, 5.41) is 2.82. The van der Waals surface area contributed by atoms with Gasteiger partial charge in [0.1, 0.15) is 16.9 Å². The van der Waals surface area contributed by atoms with Crippen LogP contribution in [0.2, 0.25) is 0 Å². The highest BCUT2D eigenvalue weighted by Gasteiger charge is 2.09. The van der Waals surface area contributed by atoms with Crippen molar-refractivity contribution in [2.24, 2.45) is 5.18 Å². The van der Waals surface area contributed by atoms with Crippen molar-refractivity contribution in [1.29, 1.82) is 0 Å².